The zero-order valence-corrected chi connectivity index (χ0v) is 24.1. The summed E-state index contributed by atoms with van der Waals surface area (Å²) in [4.78, 5) is 15.5. The average Bonchev–Trinajstić information content (AvgIpc) is 2.91. The number of carbonyl (C=O) groups excluding carboxylic acids is 1. The van der Waals surface area contributed by atoms with Crippen LogP contribution < -0.4 is 14.4 Å². The molecule has 2 aromatic carbocycles. The number of aliphatic hydroxyl groups excluding tert-OH is 1. The molecule has 0 aromatic heterocycles. The van der Waals surface area contributed by atoms with Crippen LogP contribution >= 0.6 is 11.6 Å². The SMILES string of the molecule is CC[C@@H]1CCC[C@H](O)[C@@H]2CC[C@H]2CN2CCCCc3cc(Cl)ccc3COc3ccc(cc32)C(=O)NS1(=O)=O. The fourth-order valence-electron chi connectivity index (χ4n) is 6.31. The maximum Gasteiger partial charge on any atom is 0.264 e. The molecule has 2 N–H and O–H groups in total. The number of amides is 1. The van der Waals surface area contributed by atoms with Crippen molar-refractivity contribution < 1.29 is 23.1 Å². The number of sulfonamides is 1. The smallest absolute Gasteiger partial charge is 0.264 e. The number of nitrogens with one attached hydrogen (secondary N) is 1. The number of fused-ring (bicyclic) bond motifs is 3. The van der Waals surface area contributed by atoms with E-state index in [2.05, 4.69) is 9.62 Å². The summed E-state index contributed by atoms with van der Waals surface area (Å²) in [6, 6.07) is 11.1. The van der Waals surface area contributed by atoms with Gasteiger partial charge in [0.2, 0.25) is 10.0 Å². The van der Waals surface area contributed by atoms with E-state index in [4.69, 9.17) is 16.3 Å². The van der Waals surface area contributed by atoms with Gasteiger partial charge in [-0.3, -0.25) is 4.79 Å². The summed E-state index contributed by atoms with van der Waals surface area (Å²) in [6.45, 7) is 3.72. The molecule has 2 bridgehead atoms. The number of halogens is 1. The first-order chi connectivity index (χ1) is 18.7. The Balaban J connectivity index is 1.53. The van der Waals surface area contributed by atoms with Gasteiger partial charge in [0.25, 0.3) is 5.91 Å². The Hall–Kier alpha value is -2.29. The second-order valence-electron chi connectivity index (χ2n) is 11.3. The van der Waals surface area contributed by atoms with Gasteiger partial charge in [-0.2, -0.15) is 0 Å². The van der Waals surface area contributed by atoms with Crippen LogP contribution in [-0.4, -0.2) is 43.9 Å². The highest BCUT2D eigenvalue weighted by Gasteiger charge is 2.38. The predicted molar refractivity (Wildman–Crippen MR) is 154 cm³/mol. The monoisotopic (exact) mass is 574 g/mol. The lowest BCUT2D eigenvalue weighted by molar-refractivity contribution is 0.00937. The molecule has 0 radical (unpaired) electrons. The molecule has 1 fully saturated rings. The number of anilines is 1. The standard InChI is InChI=1S/C30H39ClN2O5S/c1-2-25-7-5-8-28(34)26-13-10-22(26)18-33-15-4-3-6-20-16-24(31)12-9-23(20)19-38-29-14-11-21(17-27(29)33)30(35)32-39(25,36)37/h9,11-12,14,16-17,22,25-26,28,34H,2-8,10,13,15,18-19H2,1H3,(H,32,35)/t22-,25+,26+,28-/m0/s1. The second kappa shape index (κ2) is 12.1. The third kappa shape index (κ3) is 6.39. The maximum absolute atomic E-state index is 13.2. The number of hydrogen-bond donors (Lipinski definition) is 2. The molecular weight excluding hydrogens is 536 g/mol. The van der Waals surface area contributed by atoms with Gasteiger partial charge in [-0.05, 0) is 111 Å². The molecule has 0 spiro atoms. The lowest BCUT2D eigenvalue weighted by atomic mass is 9.69. The molecule has 1 aliphatic carbocycles. The molecular formula is C30H39ClN2O5S. The van der Waals surface area contributed by atoms with E-state index in [-0.39, 0.29) is 5.92 Å². The first-order valence-electron chi connectivity index (χ1n) is 14.3. The van der Waals surface area contributed by atoms with Gasteiger partial charge >= 0.3 is 0 Å². The minimum atomic E-state index is -3.86. The Labute approximate surface area is 236 Å². The highest BCUT2D eigenvalue weighted by molar-refractivity contribution is 7.90. The molecule has 9 heteroatoms. The highest BCUT2D eigenvalue weighted by atomic mass is 35.5. The summed E-state index contributed by atoms with van der Waals surface area (Å²) in [6.07, 6.45) is 6.41. The topological polar surface area (TPSA) is 95.9 Å². The lowest BCUT2D eigenvalue weighted by Gasteiger charge is -2.43. The van der Waals surface area contributed by atoms with Gasteiger partial charge in [-0.25, -0.2) is 13.1 Å². The molecule has 39 heavy (non-hydrogen) atoms. The van der Waals surface area contributed by atoms with Crippen molar-refractivity contribution in [2.75, 3.05) is 18.0 Å². The summed E-state index contributed by atoms with van der Waals surface area (Å²) >= 11 is 6.29. The minimum Gasteiger partial charge on any atom is -0.487 e. The largest absolute Gasteiger partial charge is 0.487 e. The Kier molecular flexibility index (Phi) is 8.74. The molecule has 4 atom stereocenters. The van der Waals surface area contributed by atoms with Gasteiger partial charge in [0.15, 0.2) is 0 Å². The van der Waals surface area contributed by atoms with Crippen LogP contribution in [0.15, 0.2) is 36.4 Å². The zero-order chi connectivity index (χ0) is 27.6. The number of ether oxygens (including phenoxy) is 1. The molecule has 0 unspecified atom stereocenters. The maximum atomic E-state index is 13.2. The normalized spacial score (nSPS) is 27.7. The molecule has 212 valence electrons. The van der Waals surface area contributed by atoms with Crippen molar-refractivity contribution in [2.24, 2.45) is 11.8 Å². The summed E-state index contributed by atoms with van der Waals surface area (Å²) in [5.74, 6) is 0.567. The van der Waals surface area contributed by atoms with E-state index in [0.717, 1.165) is 56.4 Å². The first kappa shape index (κ1) is 28.2. The van der Waals surface area contributed by atoms with Crippen molar-refractivity contribution in [3.8, 4) is 5.75 Å². The van der Waals surface area contributed by atoms with Crippen LogP contribution in [-0.2, 0) is 23.1 Å². The van der Waals surface area contributed by atoms with E-state index in [9.17, 15) is 18.3 Å². The van der Waals surface area contributed by atoms with Crippen LogP contribution in [0.4, 0.5) is 5.69 Å². The number of rotatable bonds is 1. The molecule has 3 aliphatic rings. The summed E-state index contributed by atoms with van der Waals surface area (Å²) in [7, 11) is -3.86. The predicted octanol–water partition coefficient (Wildman–Crippen LogP) is 5.47. The Morgan fingerprint density at radius 3 is 2.67 bits per heavy atom. The number of benzene rings is 2. The lowest BCUT2D eigenvalue weighted by Crippen LogP contribution is -2.43. The van der Waals surface area contributed by atoms with Crippen molar-refractivity contribution in [3.05, 3.63) is 58.1 Å². The quantitative estimate of drug-likeness (QED) is 0.469. The number of aryl methyl sites for hydroxylation is 1. The van der Waals surface area contributed by atoms with Crippen molar-refractivity contribution in [1.82, 2.24) is 4.72 Å². The molecule has 2 aromatic rings. The first-order valence-corrected chi connectivity index (χ1v) is 16.2. The number of aliphatic hydroxyl groups is 1. The molecule has 7 nitrogen and oxygen atoms in total. The summed E-state index contributed by atoms with van der Waals surface area (Å²) in [5.41, 5.74) is 3.35. The minimum absolute atomic E-state index is 0.198. The van der Waals surface area contributed by atoms with E-state index < -0.39 is 27.3 Å². The molecule has 1 amide bonds. The second-order valence-corrected chi connectivity index (χ2v) is 13.7. The fourth-order valence-corrected chi connectivity index (χ4v) is 7.96. The van der Waals surface area contributed by atoms with Crippen LogP contribution in [0.1, 0.15) is 79.8 Å². The van der Waals surface area contributed by atoms with Crippen LogP contribution in [0.25, 0.3) is 0 Å². The third-order valence-electron chi connectivity index (χ3n) is 8.82. The van der Waals surface area contributed by atoms with E-state index in [1.165, 1.54) is 5.56 Å². The molecule has 2 aliphatic heterocycles. The highest BCUT2D eigenvalue weighted by Crippen LogP contribution is 2.41. The van der Waals surface area contributed by atoms with Crippen molar-refractivity contribution >= 4 is 33.2 Å². The molecule has 0 saturated heterocycles. The number of hydrogen-bond acceptors (Lipinski definition) is 6. The fraction of sp³-hybridized carbons (Fsp3) is 0.567. The summed E-state index contributed by atoms with van der Waals surface area (Å²) in [5, 5.41) is 11.1. The third-order valence-corrected chi connectivity index (χ3v) is 11.0. The number of nitrogens with zero attached hydrogens (tertiary/aromatic N) is 1. The van der Waals surface area contributed by atoms with E-state index in [1.807, 2.05) is 25.1 Å². The number of carbonyl (C=O) groups is 1. The van der Waals surface area contributed by atoms with Crippen LogP contribution in [0.5, 0.6) is 5.75 Å². The molecule has 1 saturated carbocycles. The van der Waals surface area contributed by atoms with Gasteiger partial charge in [0.1, 0.15) is 12.4 Å². The molecule has 2 heterocycles. The van der Waals surface area contributed by atoms with Crippen LogP contribution in [0.3, 0.4) is 0 Å². The average molecular weight is 575 g/mol. The van der Waals surface area contributed by atoms with Gasteiger partial charge in [-0.15, -0.1) is 0 Å². The van der Waals surface area contributed by atoms with Crippen LogP contribution in [0.2, 0.25) is 5.02 Å². The Morgan fingerprint density at radius 1 is 1.05 bits per heavy atom. The molecule has 5 rings (SSSR count). The van der Waals surface area contributed by atoms with Crippen molar-refractivity contribution in [1.29, 1.82) is 0 Å². The van der Waals surface area contributed by atoms with Crippen LogP contribution in [0, 0.1) is 11.8 Å². The van der Waals surface area contributed by atoms with Gasteiger partial charge in [-0.1, -0.05) is 24.6 Å². The summed E-state index contributed by atoms with van der Waals surface area (Å²) < 4.78 is 34.9. The van der Waals surface area contributed by atoms with E-state index in [0.29, 0.717) is 54.5 Å². The van der Waals surface area contributed by atoms with Gasteiger partial charge < -0.3 is 14.7 Å². The van der Waals surface area contributed by atoms with Crippen molar-refractivity contribution in [2.45, 2.75) is 82.7 Å². The van der Waals surface area contributed by atoms with Crippen molar-refractivity contribution in [3.63, 3.8) is 0 Å². The van der Waals surface area contributed by atoms with E-state index in [1.54, 1.807) is 18.2 Å². The Morgan fingerprint density at radius 2 is 1.90 bits per heavy atom. The van der Waals surface area contributed by atoms with E-state index >= 15 is 0 Å². The van der Waals surface area contributed by atoms with Gasteiger partial charge in [0.05, 0.1) is 17.0 Å². The zero-order valence-electron chi connectivity index (χ0n) is 22.6. The van der Waals surface area contributed by atoms with Gasteiger partial charge in [0, 0.05) is 23.7 Å². The Bertz CT molecular complexity index is 1300.